The van der Waals surface area contributed by atoms with Crippen LogP contribution in [-0.4, -0.2) is 34.0 Å². The zero-order valence-corrected chi connectivity index (χ0v) is 16.2. The normalized spacial score (nSPS) is 10.9. The molecule has 0 fully saturated rings. The summed E-state index contributed by atoms with van der Waals surface area (Å²) in [5.74, 6) is -0.620. The maximum Gasteiger partial charge on any atom is 0.261 e. The van der Waals surface area contributed by atoms with Crippen LogP contribution in [0.5, 0.6) is 5.75 Å². The van der Waals surface area contributed by atoms with E-state index in [1.807, 2.05) is 6.92 Å². The van der Waals surface area contributed by atoms with Gasteiger partial charge in [-0.15, -0.1) is 0 Å². The number of likely N-dealkylation sites (N-methyl/N-ethyl adjacent to an activating group) is 1. The highest BCUT2D eigenvalue weighted by atomic mass is 35.5. The summed E-state index contributed by atoms with van der Waals surface area (Å²) in [7, 11) is 1.39. The zero-order valence-electron chi connectivity index (χ0n) is 15.5. The first-order valence-electron chi connectivity index (χ1n) is 8.67. The molecule has 0 unspecified atom stereocenters. The molecule has 6 nitrogen and oxygen atoms in total. The van der Waals surface area contributed by atoms with E-state index in [9.17, 15) is 14.0 Å². The number of fused-ring (bicyclic) bond motifs is 1. The van der Waals surface area contributed by atoms with Gasteiger partial charge in [-0.25, -0.2) is 9.37 Å². The number of aromatic nitrogens is 2. The molecule has 0 bridgehead atoms. The van der Waals surface area contributed by atoms with Crippen LogP contribution in [0.4, 0.5) is 4.39 Å². The summed E-state index contributed by atoms with van der Waals surface area (Å²) in [5.41, 5.74) is 0.802. The smallest absolute Gasteiger partial charge is 0.261 e. The number of ether oxygens (including phenoxy) is 1. The standard InChI is InChI=1S/C20H19ClFN3O3/c1-3-24(10-13-4-7-18(28-2)16(22)8-13)19(26)11-25-12-23-17-6-5-14(21)9-15(17)20(25)27/h4-9,12H,3,10-11H2,1-2H3. The third kappa shape index (κ3) is 4.14. The highest BCUT2D eigenvalue weighted by molar-refractivity contribution is 6.31. The lowest BCUT2D eigenvalue weighted by Crippen LogP contribution is -2.36. The number of halogens is 2. The summed E-state index contributed by atoms with van der Waals surface area (Å²) in [6.45, 7) is 2.28. The number of carbonyl (C=O) groups excluding carboxylic acids is 1. The fourth-order valence-electron chi connectivity index (χ4n) is 2.89. The molecule has 0 atom stereocenters. The molecular weight excluding hydrogens is 385 g/mol. The summed E-state index contributed by atoms with van der Waals surface area (Å²) in [4.78, 5) is 31.1. The first kappa shape index (κ1) is 19.8. The van der Waals surface area contributed by atoms with Crippen molar-refractivity contribution in [1.29, 1.82) is 0 Å². The predicted octanol–water partition coefficient (Wildman–Crippen LogP) is 3.25. The average molecular weight is 404 g/mol. The fourth-order valence-corrected chi connectivity index (χ4v) is 3.07. The quantitative estimate of drug-likeness (QED) is 0.633. The second-order valence-electron chi connectivity index (χ2n) is 6.22. The Morgan fingerprint density at radius 1 is 1.29 bits per heavy atom. The van der Waals surface area contributed by atoms with Crippen LogP contribution in [0.25, 0.3) is 10.9 Å². The first-order valence-corrected chi connectivity index (χ1v) is 9.05. The Morgan fingerprint density at radius 2 is 2.07 bits per heavy atom. The highest BCUT2D eigenvalue weighted by Gasteiger charge is 2.16. The summed E-state index contributed by atoms with van der Waals surface area (Å²) < 4.78 is 20.0. The molecule has 0 aliphatic rings. The second kappa shape index (κ2) is 8.39. The third-order valence-corrected chi connectivity index (χ3v) is 4.65. The fraction of sp³-hybridized carbons (Fsp3) is 0.250. The van der Waals surface area contributed by atoms with Crippen LogP contribution in [-0.2, 0) is 17.9 Å². The van der Waals surface area contributed by atoms with Crippen molar-refractivity contribution >= 4 is 28.4 Å². The van der Waals surface area contributed by atoms with E-state index < -0.39 is 5.82 Å². The van der Waals surface area contributed by atoms with E-state index in [1.165, 1.54) is 41.1 Å². The van der Waals surface area contributed by atoms with E-state index in [0.29, 0.717) is 28.0 Å². The van der Waals surface area contributed by atoms with Crippen LogP contribution in [0.15, 0.2) is 47.5 Å². The minimum atomic E-state index is -0.490. The Kier molecular flexibility index (Phi) is 5.94. The van der Waals surface area contributed by atoms with Gasteiger partial charge in [0.1, 0.15) is 6.54 Å². The Labute approximate surface area is 166 Å². The molecule has 1 amide bonds. The van der Waals surface area contributed by atoms with Crippen LogP contribution in [0.1, 0.15) is 12.5 Å². The molecule has 0 saturated carbocycles. The molecule has 3 aromatic rings. The number of nitrogens with zero attached hydrogens (tertiary/aromatic N) is 3. The molecule has 0 N–H and O–H groups in total. The van der Waals surface area contributed by atoms with E-state index in [-0.39, 0.29) is 30.3 Å². The van der Waals surface area contributed by atoms with Crippen molar-refractivity contribution < 1.29 is 13.9 Å². The van der Waals surface area contributed by atoms with Crippen LogP contribution in [0.2, 0.25) is 5.02 Å². The Hall–Kier alpha value is -2.93. The summed E-state index contributed by atoms with van der Waals surface area (Å²) >= 11 is 5.96. The molecule has 1 heterocycles. The van der Waals surface area contributed by atoms with Gasteiger partial charge in [0.2, 0.25) is 5.91 Å². The molecule has 8 heteroatoms. The van der Waals surface area contributed by atoms with E-state index >= 15 is 0 Å². The Bertz CT molecular complexity index is 1080. The topological polar surface area (TPSA) is 64.4 Å². The van der Waals surface area contributed by atoms with Crippen molar-refractivity contribution in [3.8, 4) is 5.75 Å². The summed E-state index contributed by atoms with van der Waals surface area (Å²) in [5, 5.41) is 0.773. The van der Waals surface area contributed by atoms with E-state index in [2.05, 4.69) is 4.98 Å². The molecule has 28 heavy (non-hydrogen) atoms. The molecule has 0 radical (unpaired) electrons. The van der Waals surface area contributed by atoms with Crippen LogP contribution in [0, 0.1) is 5.82 Å². The van der Waals surface area contributed by atoms with Gasteiger partial charge in [-0.2, -0.15) is 0 Å². The van der Waals surface area contributed by atoms with E-state index in [1.54, 1.807) is 18.2 Å². The SMILES string of the molecule is CCN(Cc1ccc(OC)c(F)c1)C(=O)Cn1cnc2ccc(Cl)cc2c1=O. The van der Waals surface area contributed by atoms with Gasteiger partial charge in [0.15, 0.2) is 11.6 Å². The maximum atomic E-state index is 13.9. The van der Waals surface area contributed by atoms with Gasteiger partial charge < -0.3 is 9.64 Å². The van der Waals surface area contributed by atoms with Crippen molar-refractivity contribution in [1.82, 2.24) is 14.5 Å². The van der Waals surface area contributed by atoms with Crippen molar-refractivity contribution in [3.63, 3.8) is 0 Å². The molecule has 3 rings (SSSR count). The predicted molar refractivity (Wildman–Crippen MR) is 105 cm³/mol. The lowest BCUT2D eigenvalue weighted by Gasteiger charge is -2.21. The first-order chi connectivity index (χ1) is 13.4. The van der Waals surface area contributed by atoms with Crippen molar-refractivity contribution in [2.75, 3.05) is 13.7 Å². The van der Waals surface area contributed by atoms with Gasteiger partial charge in [-0.05, 0) is 42.8 Å². The lowest BCUT2D eigenvalue weighted by molar-refractivity contribution is -0.132. The van der Waals surface area contributed by atoms with E-state index in [4.69, 9.17) is 16.3 Å². The molecule has 0 spiro atoms. The third-order valence-electron chi connectivity index (χ3n) is 4.42. The van der Waals surface area contributed by atoms with Crippen molar-refractivity contribution in [3.05, 3.63) is 69.5 Å². The average Bonchev–Trinajstić information content (AvgIpc) is 2.68. The van der Waals surface area contributed by atoms with Gasteiger partial charge in [0.25, 0.3) is 5.56 Å². The molecule has 146 valence electrons. The number of methoxy groups -OCH3 is 1. The van der Waals surface area contributed by atoms with Crippen molar-refractivity contribution in [2.24, 2.45) is 0 Å². The molecule has 1 aromatic heterocycles. The highest BCUT2D eigenvalue weighted by Crippen LogP contribution is 2.19. The monoisotopic (exact) mass is 403 g/mol. The van der Waals surface area contributed by atoms with Gasteiger partial charge in [-0.1, -0.05) is 17.7 Å². The zero-order chi connectivity index (χ0) is 20.3. The number of carbonyl (C=O) groups is 1. The van der Waals surface area contributed by atoms with Crippen LogP contribution in [0.3, 0.4) is 0 Å². The van der Waals surface area contributed by atoms with Crippen LogP contribution < -0.4 is 10.3 Å². The second-order valence-corrected chi connectivity index (χ2v) is 6.65. The number of hydrogen-bond acceptors (Lipinski definition) is 4. The minimum Gasteiger partial charge on any atom is -0.494 e. The maximum absolute atomic E-state index is 13.9. The molecule has 0 aliphatic heterocycles. The van der Waals surface area contributed by atoms with Crippen molar-refractivity contribution in [2.45, 2.75) is 20.0 Å². The Balaban J connectivity index is 1.80. The Morgan fingerprint density at radius 3 is 2.75 bits per heavy atom. The summed E-state index contributed by atoms with van der Waals surface area (Å²) in [6, 6.07) is 9.39. The number of amides is 1. The number of hydrogen-bond donors (Lipinski definition) is 0. The summed E-state index contributed by atoms with van der Waals surface area (Å²) in [6.07, 6.45) is 1.34. The molecular formula is C20H19ClFN3O3. The molecule has 0 saturated heterocycles. The number of rotatable bonds is 6. The largest absolute Gasteiger partial charge is 0.494 e. The lowest BCUT2D eigenvalue weighted by atomic mass is 10.2. The van der Waals surface area contributed by atoms with Gasteiger partial charge >= 0.3 is 0 Å². The minimum absolute atomic E-state index is 0.144. The van der Waals surface area contributed by atoms with Gasteiger partial charge in [0, 0.05) is 18.1 Å². The molecule has 0 aliphatic carbocycles. The van der Waals surface area contributed by atoms with Gasteiger partial charge in [-0.3, -0.25) is 14.2 Å². The molecule has 2 aromatic carbocycles. The van der Waals surface area contributed by atoms with E-state index in [0.717, 1.165) is 0 Å². The van der Waals surface area contributed by atoms with Gasteiger partial charge in [0.05, 0.1) is 24.3 Å². The van der Waals surface area contributed by atoms with Crippen LogP contribution >= 0.6 is 11.6 Å². The number of benzene rings is 2.